The second-order valence-corrected chi connectivity index (χ2v) is 7.01. The lowest BCUT2D eigenvalue weighted by molar-refractivity contribution is -0.133. The first-order valence-electron chi connectivity index (χ1n) is 8.19. The molecule has 0 heterocycles. The Bertz CT molecular complexity index is 607. The van der Waals surface area contributed by atoms with Gasteiger partial charge < -0.3 is 5.11 Å². The number of carboxylic acid groups (broad SMARTS) is 1. The van der Waals surface area contributed by atoms with Crippen LogP contribution >= 0.6 is 0 Å². The molecule has 1 aromatic carbocycles. The van der Waals surface area contributed by atoms with Crippen molar-refractivity contribution in [3.63, 3.8) is 0 Å². The fourth-order valence-corrected chi connectivity index (χ4v) is 3.67. The number of rotatable bonds is 4. The Morgan fingerprint density at radius 2 is 1.96 bits per heavy atom. The third kappa shape index (κ3) is 4.18. The summed E-state index contributed by atoms with van der Waals surface area (Å²) in [6, 6.07) is 3.50. The van der Waals surface area contributed by atoms with E-state index in [2.05, 4.69) is 20.8 Å². The van der Waals surface area contributed by atoms with Crippen molar-refractivity contribution in [3.8, 4) is 0 Å². The molecule has 0 aliphatic heterocycles. The Labute approximate surface area is 136 Å². The van der Waals surface area contributed by atoms with E-state index >= 15 is 0 Å². The molecule has 1 fully saturated rings. The van der Waals surface area contributed by atoms with Gasteiger partial charge in [0, 0.05) is 5.57 Å². The summed E-state index contributed by atoms with van der Waals surface area (Å²) in [6.45, 7) is 6.37. The van der Waals surface area contributed by atoms with E-state index in [1.54, 1.807) is 0 Å². The molecule has 0 saturated heterocycles. The van der Waals surface area contributed by atoms with Gasteiger partial charge in [-0.05, 0) is 60.3 Å². The van der Waals surface area contributed by atoms with E-state index in [0.29, 0.717) is 28.9 Å². The van der Waals surface area contributed by atoms with Crippen LogP contribution < -0.4 is 0 Å². The first-order valence-corrected chi connectivity index (χ1v) is 8.19. The van der Waals surface area contributed by atoms with Gasteiger partial charge in [0.25, 0.3) is 0 Å². The summed E-state index contributed by atoms with van der Waals surface area (Å²) >= 11 is 0. The molecule has 0 radical (unpaired) electrons. The molecule has 2 nitrogen and oxygen atoms in total. The molecule has 23 heavy (non-hydrogen) atoms. The molecule has 1 aliphatic carbocycles. The molecule has 0 bridgehead atoms. The van der Waals surface area contributed by atoms with Crippen LogP contribution in [0.2, 0.25) is 0 Å². The van der Waals surface area contributed by atoms with Gasteiger partial charge in [-0.25, -0.2) is 13.6 Å². The van der Waals surface area contributed by atoms with Crippen LogP contribution in [0.15, 0.2) is 23.8 Å². The number of hydrogen-bond acceptors (Lipinski definition) is 1. The van der Waals surface area contributed by atoms with Crippen LogP contribution in [0.25, 0.3) is 6.08 Å². The van der Waals surface area contributed by atoms with Gasteiger partial charge in [0.2, 0.25) is 0 Å². The summed E-state index contributed by atoms with van der Waals surface area (Å²) in [5.74, 6) is -1.74. The number of aliphatic carboxylic acids is 1. The zero-order valence-corrected chi connectivity index (χ0v) is 13.9. The number of hydrogen-bond donors (Lipinski definition) is 1. The average molecular weight is 322 g/mol. The quantitative estimate of drug-likeness (QED) is 0.779. The zero-order chi connectivity index (χ0) is 17.1. The van der Waals surface area contributed by atoms with Gasteiger partial charge >= 0.3 is 5.97 Å². The minimum absolute atomic E-state index is 0.0515. The Morgan fingerprint density at radius 1 is 1.26 bits per heavy atom. The SMILES string of the molecule is CC(C)[C@@H]1CC[C@@H](C)C[C@H]1C(=Cc1ccc(F)c(F)c1)C(=O)O. The van der Waals surface area contributed by atoms with Crippen molar-refractivity contribution < 1.29 is 18.7 Å². The third-order valence-corrected chi connectivity index (χ3v) is 4.93. The topological polar surface area (TPSA) is 37.3 Å². The van der Waals surface area contributed by atoms with Crippen LogP contribution in [0.4, 0.5) is 8.78 Å². The molecule has 0 aromatic heterocycles. The van der Waals surface area contributed by atoms with Crippen LogP contribution in [-0.4, -0.2) is 11.1 Å². The molecule has 126 valence electrons. The van der Waals surface area contributed by atoms with E-state index in [9.17, 15) is 18.7 Å². The molecule has 0 amide bonds. The van der Waals surface area contributed by atoms with Crippen molar-refractivity contribution in [1.82, 2.24) is 0 Å². The lowest BCUT2D eigenvalue weighted by Crippen LogP contribution is -2.31. The van der Waals surface area contributed by atoms with Crippen molar-refractivity contribution in [3.05, 3.63) is 41.0 Å². The van der Waals surface area contributed by atoms with Gasteiger partial charge in [-0.15, -0.1) is 0 Å². The summed E-state index contributed by atoms with van der Waals surface area (Å²) < 4.78 is 26.4. The minimum atomic E-state index is -0.973. The molecule has 1 aliphatic rings. The number of benzene rings is 1. The number of carbonyl (C=O) groups is 1. The standard InChI is InChI=1S/C19H24F2O2/c1-11(2)14-6-4-12(3)8-15(14)16(19(22)23)9-13-5-7-17(20)18(21)10-13/h5,7,9-12,14-15H,4,6,8H2,1-3H3,(H,22,23)/t12-,14+,15-/m1/s1. The normalized spacial score (nSPS) is 25.7. The van der Waals surface area contributed by atoms with Crippen LogP contribution in [0, 0.1) is 35.3 Å². The molecule has 0 unspecified atom stereocenters. The third-order valence-electron chi connectivity index (χ3n) is 4.93. The largest absolute Gasteiger partial charge is 0.478 e. The van der Waals surface area contributed by atoms with Crippen molar-refractivity contribution in [1.29, 1.82) is 0 Å². The second-order valence-electron chi connectivity index (χ2n) is 7.01. The van der Waals surface area contributed by atoms with Crippen molar-refractivity contribution in [2.45, 2.75) is 40.0 Å². The molecule has 4 heteroatoms. The van der Waals surface area contributed by atoms with Crippen molar-refractivity contribution >= 4 is 12.0 Å². The molecule has 1 N–H and O–H groups in total. The molecular formula is C19H24F2O2. The van der Waals surface area contributed by atoms with Crippen LogP contribution in [0.3, 0.4) is 0 Å². The van der Waals surface area contributed by atoms with Gasteiger partial charge in [0.1, 0.15) is 0 Å². The molecule has 0 spiro atoms. The maximum Gasteiger partial charge on any atom is 0.331 e. The van der Waals surface area contributed by atoms with Gasteiger partial charge in [-0.1, -0.05) is 33.3 Å². The van der Waals surface area contributed by atoms with Crippen LogP contribution in [-0.2, 0) is 4.79 Å². The fraction of sp³-hybridized carbons (Fsp3) is 0.526. The predicted octanol–water partition coefficient (Wildman–Crippen LogP) is 5.14. The summed E-state index contributed by atoms with van der Waals surface area (Å²) in [6.07, 6.45) is 4.44. The predicted molar refractivity (Wildman–Crippen MR) is 86.8 cm³/mol. The van der Waals surface area contributed by atoms with Crippen molar-refractivity contribution in [2.75, 3.05) is 0 Å². The maximum absolute atomic E-state index is 13.4. The fourth-order valence-electron chi connectivity index (χ4n) is 3.67. The summed E-state index contributed by atoms with van der Waals surface area (Å²) in [5, 5.41) is 9.66. The molecule has 3 atom stereocenters. The van der Waals surface area contributed by atoms with Gasteiger partial charge in [-0.3, -0.25) is 0 Å². The zero-order valence-electron chi connectivity index (χ0n) is 13.9. The molecule has 1 saturated carbocycles. The van der Waals surface area contributed by atoms with Crippen LogP contribution in [0.5, 0.6) is 0 Å². The molecule has 1 aromatic rings. The number of carboxylic acids is 1. The molecular weight excluding hydrogens is 298 g/mol. The van der Waals surface area contributed by atoms with E-state index < -0.39 is 17.6 Å². The van der Waals surface area contributed by atoms with E-state index in [4.69, 9.17) is 0 Å². The van der Waals surface area contributed by atoms with E-state index in [1.807, 2.05) is 0 Å². The first kappa shape index (κ1) is 17.6. The van der Waals surface area contributed by atoms with E-state index in [1.165, 1.54) is 12.1 Å². The first-order chi connectivity index (χ1) is 10.8. The molecule has 2 rings (SSSR count). The summed E-state index contributed by atoms with van der Waals surface area (Å²) in [7, 11) is 0. The second kappa shape index (κ2) is 7.24. The lowest BCUT2D eigenvalue weighted by atomic mass is 9.67. The van der Waals surface area contributed by atoms with Gasteiger partial charge in [-0.2, -0.15) is 0 Å². The van der Waals surface area contributed by atoms with E-state index in [-0.39, 0.29) is 5.92 Å². The highest BCUT2D eigenvalue weighted by Crippen LogP contribution is 2.42. The highest BCUT2D eigenvalue weighted by molar-refractivity contribution is 5.92. The maximum atomic E-state index is 13.4. The monoisotopic (exact) mass is 322 g/mol. The Morgan fingerprint density at radius 3 is 2.52 bits per heavy atom. The van der Waals surface area contributed by atoms with Gasteiger partial charge in [0.05, 0.1) is 0 Å². The smallest absolute Gasteiger partial charge is 0.331 e. The Kier molecular flexibility index (Phi) is 5.55. The minimum Gasteiger partial charge on any atom is -0.478 e. The average Bonchev–Trinajstić information content (AvgIpc) is 2.47. The Balaban J connectivity index is 2.40. The van der Waals surface area contributed by atoms with E-state index in [0.717, 1.165) is 31.4 Å². The highest BCUT2D eigenvalue weighted by atomic mass is 19.2. The Hall–Kier alpha value is -1.71. The number of halogens is 2. The van der Waals surface area contributed by atoms with Crippen LogP contribution in [0.1, 0.15) is 45.6 Å². The summed E-state index contributed by atoms with van der Waals surface area (Å²) in [5.41, 5.74) is 0.697. The summed E-state index contributed by atoms with van der Waals surface area (Å²) in [4.78, 5) is 11.8. The van der Waals surface area contributed by atoms with Crippen molar-refractivity contribution in [2.24, 2.45) is 23.7 Å². The lowest BCUT2D eigenvalue weighted by Gasteiger charge is -2.37. The van der Waals surface area contributed by atoms with Gasteiger partial charge in [0.15, 0.2) is 11.6 Å². The highest BCUT2D eigenvalue weighted by Gasteiger charge is 2.35.